The predicted octanol–water partition coefficient (Wildman–Crippen LogP) is 3.62. The Bertz CT molecular complexity index is 108. The molecule has 0 nitrogen and oxygen atoms in total. The second kappa shape index (κ2) is 7.66. The highest BCUT2D eigenvalue weighted by molar-refractivity contribution is 4.82. The first-order chi connectivity index (χ1) is 5.31. The van der Waals surface area contributed by atoms with Crippen molar-refractivity contribution in [2.24, 2.45) is 5.92 Å². The molecule has 0 rings (SSSR count). The molecular formula is C11H20. The lowest BCUT2D eigenvalue weighted by atomic mass is 9.99. The lowest BCUT2D eigenvalue weighted by Crippen LogP contribution is -1.93. The molecule has 0 bridgehead atoms. The topological polar surface area (TPSA) is 0 Å². The van der Waals surface area contributed by atoms with Gasteiger partial charge in [0.15, 0.2) is 0 Å². The predicted molar refractivity (Wildman–Crippen MR) is 51.4 cm³/mol. The highest BCUT2D eigenvalue weighted by Gasteiger charge is 1.98. The number of rotatable bonds is 6. The maximum absolute atomic E-state index is 5.15. The van der Waals surface area contributed by atoms with Crippen LogP contribution in [0.2, 0.25) is 0 Å². The van der Waals surface area contributed by atoms with E-state index in [0.717, 1.165) is 12.3 Å². The molecule has 1 atom stereocenters. The summed E-state index contributed by atoms with van der Waals surface area (Å²) in [5.41, 5.74) is 0. The van der Waals surface area contributed by atoms with Crippen LogP contribution < -0.4 is 0 Å². The van der Waals surface area contributed by atoms with Crippen molar-refractivity contribution >= 4 is 0 Å². The molecule has 0 N–H and O–H groups in total. The Hall–Kier alpha value is -0.440. The average molecular weight is 152 g/mol. The molecule has 0 saturated carbocycles. The Morgan fingerprint density at radius 2 is 2.00 bits per heavy atom. The molecule has 0 radical (unpaired) electrons. The van der Waals surface area contributed by atoms with Gasteiger partial charge in [-0.25, -0.2) is 0 Å². The number of hydrogen-bond donors (Lipinski definition) is 0. The summed E-state index contributed by atoms with van der Waals surface area (Å²) in [5.74, 6) is 3.57. The van der Waals surface area contributed by atoms with Crippen molar-refractivity contribution in [3.8, 4) is 12.3 Å². The van der Waals surface area contributed by atoms with Gasteiger partial charge in [-0.05, 0) is 12.3 Å². The summed E-state index contributed by atoms with van der Waals surface area (Å²) in [7, 11) is 0. The van der Waals surface area contributed by atoms with Crippen LogP contribution in [0.3, 0.4) is 0 Å². The minimum Gasteiger partial charge on any atom is -0.120 e. The van der Waals surface area contributed by atoms with Gasteiger partial charge >= 0.3 is 0 Å². The van der Waals surface area contributed by atoms with Crippen molar-refractivity contribution < 1.29 is 0 Å². The van der Waals surface area contributed by atoms with Crippen LogP contribution in [0, 0.1) is 18.3 Å². The first-order valence-corrected chi connectivity index (χ1v) is 4.74. The van der Waals surface area contributed by atoms with Crippen LogP contribution in [0.1, 0.15) is 52.4 Å². The fraction of sp³-hybridized carbons (Fsp3) is 0.818. The standard InChI is InChI=1S/C11H20/c1-4-6-7-8-10-11(3)9-5-2/h1,11H,5-10H2,2-3H3. The van der Waals surface area contributed by atoms with Crippen molar-refractivity contribution in [2.75, 3.05) is 0 Å². The van der Waals surface area contributed by atoms with Crippen LogP contribution in [0.15, 0.2) is 0 Å². The van der Waals surface area contributed by atoms with E-state index in [2.05, 4.69) is 19.8 Å². The minimum absolute atomic E-state index is 0.901. The molecule has 0 saturated heterocycles. The van der Waals surface area contributed by atoms with Crippen LogP contribution in [-0.2, 0) is 0 Å². The fourth-order valence-electron chi connectivity index (χ4n) is 1.36. The highest BCUT2D eigenvalue weighted by Crippen LogP contribution is 2.13. The summed E-state index contributed by atoms with van der Waals surface area (Å²) in [5, 5.41) is 0. The third-order valence-corrected chi connectivity index (χ3v) is 2.05. The summed E-state index contributed by atoms with van der Waals surface area (Å²) in [6.45, 7) is 4.58. The third-order valence-electron chi connectivity index (χ3n) is 2.05. The average Bonchev–Trinajstić information content (AvgIpc) is 1.99. The quantitative estimate of drug-likeness (QED) is 0.403. The van der Waals surface area contributed by atoms with Gasteiger partial charge in [-0.15, -0.1) is 12.3 Å². The molecule has 0 aromatic heterocycles. The number of unbranched alkanes of at least 4 members (excludes halogenated alkanes) is 2. The van der Waals surface area contributed by atoms with E-state index in [-0.39, 0.29) is 0 Å². The van der Waals surface area contributed by atoms with E-state index < -0.39 is 0 Å². The van der Waals surface area contributed by atoms with Gasteiger partial charge in [-0.2, -0.15) is 0 Å². The Labute approximate surface area is 71.4 Å². The first-order valence-electron chi connectivity index (χ1n) is 4.74. The zero-order valence-electron chi connectivity index (χ0n) is 7.90. The summed E-state index contributed by atoms with van der Waals surface area (Å²) in [6, 6.07) is 0. The van der Waals surface area contributed by atoms with E-state index in [4.69, 9.17) is 6.42 Å². The van der Waals surface area contributed by atoms with Gasteiger partial charge in [0, 0.05) is 6.42 Å². The molecule has 64 valence electrons. The number of hydrogen-bond acceptors (Lipinski definition) is 0. The Balaban J connectivity index is 3.05. The smallest absolute Gasteiger partial charge is 0.00860 e. The van der Waals surface area contributed by atoms with Gasteiger partial charge < -0.3 is 0 Å². The van der Waals surface area contributed by atoms with Crippen molar-refractivity contribution in [3.63, 3.8) is 0 Å². The summed E-state index contributed by atoms with van der Waals surface area (Å²) in [6.07, 6.45) is 12.7. The molecule has 0 spiro atoms. The summed E-state index contributed by atoms with van der Waals surface area (Å²) >= 11 is 0. The maximum Gasteiger partial charge on any atom is 0.00860 e. The van der Waals surface area contributed by atoms with Crippen LogP contribution in [0.5, 0.6) is 0 Å². The molecule has 1 unspecified atom stereocenters. The second-order valence-corrected chi connectivity index (χ2v) is 3.34. The minimum atomic E-state index is 0.901. The molecular weight excluding hydrogens is 132 g/mol. The lowest BCUT2D eigenvalue weighted by Gasteiger charge is -2.07. The summed E-state index contributed by atoms with van der Waals surface area (Å²) < 4.78 is 0. The van der Waals surface area contributed by atoms with Crippen molar-refractivity contribution in [3.05, 3.63) is 0 Å². The molecule has 11 heavy (non-hydrogen) atoms. The molecule has 0 amide bonds. The summed E-state index contributed by atoms with van der Waals surface area (Å²) in [4.78, 5) is 0. The lowest BCUT2D eigenvalue weighted by molar-refractivity contribution is 0.463. The van der Waals surface area contributed by atoms with Gasteiger partial charge in [0.25, 0.3) is 0 Å². The van der Waals surface area contributed by atoms with Crippen LogP contribution in [0.4, 0.5) is 0 Å². The second-order valence-electron chi connectivity index (χ2n) is 3.34. The molecule has 0 heteroatoms. The van der Waals surface area contributed by atoms with Crippen LogP contribution in [-0.4, -0.2) is 0 Å². The zero-order chi connectivity index (χ0) is 8.53. The van der Waals surface area contributed by atoms with Gasteiger partial charge in [-0.3, -0.25) is 0 Å². The van der Waals surface area contributed by atoms with E-state index in [9.17, 15) is 0 Å². The van der Waals surface area contributed by atoms with Crippen molar-refractivity contribution in [2.45, 2.75) is 52.4 Å². The fourth-order valence-corrected chi connectivity index (χ4v) is 1.36. The van der Waals surface area contributed by atoms with Crippen LogP contribution >= 0.6 is 0 Å². The van der Waals surface area contributed by atoms with E-state index >= 15 is 0 Å². The monoisotopic (exact) mass is 152 g/mol. The molecule has 0 aromatic carbocycles. The molecule has 0 aromatic rings. The molecule has 0 aliphatic heterocycles. The molecule has 0 aliphatic carbocycles. The van der Waals surface area contributed by atoms with Crippen molar-refractivity contribution in [1.29, 1.82) is 0 Å². The van der Waals surface area contributed by atoms with Gasteiger partial charge in [0.1, 0.15) is 0 Å². The Kier molecular flexibility index (Phi) is 7.36. The first kappa shape index (κ1) is 10.6. The van der Waals surface area contributed by atoms with E-state index in [1.807, 2.05) is 0 Å². The Morgan fingerprint density at radius 3 is 2.55 bits per heavy atom. The molecule has 0 aliphatic rings. The van der Waals surface area contributed by atoms with E-state index in [1.54, 1.807) is 0 Å². The van der Waals surface area contributed by atoms with Gasteiger partial charge in [-0.1, -0.05) is 39.5 Å². The normalized spacial score (nSPS) is 12.5. The maximum atomic E-state index is 5.15. The SMILES string of the molecule is C#CCCCCC(C)CCC. The Morgan fingerprint density at radius 1 is 1.27 bits per heavy atom. The van der Waals surface area contributed by atoms with Crippen LogP contribution in [0.25, 0.3) is 0 Å². The van der Waals surface area contributed by atoms with E-state index in [0.29, 0.717) is 0 Å². The van der Waals surface area contributed by atoms with Crippen molar-refractivity contribution in [1.82, 2.24) is 0 Å². The molecule has 0 heterocycles. The number of terminal acetylenes is 1. The van der Waals surface area contributed by atoms with Gasteiger partial charge in [0.2, 0.25) is 0 Å². The van der Waals surface area contributed by atoms with Gasteiger partial charge in [0.05, 0.1) is 0 Å². The largest absolute Gasteiger partial charge is 0.120 e. The van der Waals surface area contributed by atoms with E-state index in [1.165, 1.54) is 32.1 Å². The highest BCUT2D eigenvalue weighted by atomic mass is 14.0. The molecule has 0 fully saturated rings. The zero-order valence-corrected chi connectivity index (χ0v) is 7.90. The third kappa shape index (κ3) is 7.46.